The van der Waals surface area contributed by atoms with Crippen molar-refractivity contribution in [2.24, 2.45) is 5.73 Å². The van der Waals surface area contributed by atoms with Gasteiger partial charge in [0.1, 0.15) is 6.54 Å². The summed E-state index contributed by atoms with van der Waals surface area (Å²) >= 11 is 5.80. The molecule has 0 unspecified atom stereocenters. The van der Waals surface area contributed by atoms with Crippen molar-refractivity contribution in [2.75, 3.05) is 18.0 Å². The van der Waals surface area contributed by atoms with Crippen molar-refractivity contribution in [3.8, 4) is 0 Å². The summed E-state index contributed by atoms with van der Waals surface area (Å²) in [5.41, 5.74) is 5.96. The van der Waals surface area contributed by atoms with Gasteiger partial charge in [-0.15, -0.1) is 0 Å². The second-order valence-corrected chi connectivity index (χ2v) is 5.24. The van der Waals surface area contributed by atoms with Gasteiger partial charge in [0.25, 0.3) is 0 Å². The molecular formula is C15H21ClN2O3. The molecule has 1 aromatic rings. The predicted octanol–water partition coefficient (Wildman–Crippen LogP) is 2.67. The maximum Gasteiger partial charge on any atom is 0.323 e. The van der Waals surface area contributed by atoms with Gasteiger partial charge in [0.2, 0.25) is 5.91 Å². The molecule has 0 fully saturated rings. The van der Waals surface area contributed by atoms with Gasteiger partial charge in [0.15, 0.2) is 0 Å². The molecule has 1 aromatic carbocycles. The Morgan fingerprint density at radius 1 is 1.10 bits per heavy atom. The van der Waals surface area contributed by atoms with Gasteiger partial charge in [-0.05, 0) is 43.7 Å². The van der Waals surface area contributed by atoms with Crippen LogP contribution in [0.2, 0.25) is 5.02 Å². The van der Waals surface area contributed by atoms with Crippen molar-refractivity contribution in [3.63, 3.8) is 0 Å². The van der Waals surface area contributed by atoms with Gasteiger partial charge in [0, 0.05) is 17.1 Å². The van der Waals surface area contributed by atoms with Gasteiger partial charge in [-0.1, -0.05) is 24.4 Å². The molecule has 0 aliphatic carbocycles. The summed E-state index contributed by atoms with van der Waals surface area (Å²) in [6.07, 6.45) is 3.93. The molecule has 1 rings (SSSR count). The third-order valence-corrected chi connectivity index (χ3v) is 3.33. The van der Waals surface area contributed by atoms with E-state index in [4.69, 9.17) is 22.4 Å². The number of rotatable bonds is 9. The highest BCUT2D eigenvalue weighted by atomic mass is 35.5. The van der Waals surface area contributed by atoms with Gasteiger partial charge >= 0.3 is 5.97 Å². The van der Waals surface area contributed by atoms with Crippen LogP contribution in [0.3, 0.4) is 0 Å². The Morgan fingerprint density at radius 3 is 2.29 bits per heavy atom. The van der Waals surface area contributed by atoms with Gasteiger partial charge in [-0.3, -0.25) is 9.59 Å². The molecule has 0 aliphatic rings. The van der Waals surface area contributed by atoms with Crippen LogP contribution in [0.4, 0.5) is 5.69 Å². The Labute approximate surface area is 129 Å². The van der Waals surface area contributed by atoms with Gasteiger partial charge in [-0.2, -0.15) is 0 Å². The van der Waals surface area contributed by atoms with Crippen LogP contribution < -0.4 is 10.6 Å². The summed E-state index contributed by atoms with van der Waals surface area (Å²) in [5.74, 6) is -1.23. The number of hydrogen-bond donors (Lipinski definition) is 2. The lowest BCUT2D eigenvalue weighted by molar-refractivity contribution is -0.136. The number of carbonyl (C=O) groups excluding carboxylic acids is 1. The number of halogens is 1. The molecule has 116 valence electrons. The standard InChI is InChI=1S/C15H21ClN2O3/c16-12-6-8-13(9-7-12)18(11-15(20)21)14(19)5-3-1-2-4-10-17/h6-9H,1-5,10-11,17H2,(H,20,21). The number of nitrogens with zero attached hydrogens (tertiary/aromatic N) is 1. The first kappa shape index (κ1) is 17.5. The van der Waals surface area contributed by atoms with E-state index in [1.807, 2.05) is 0 Å². The fraction of sp³-hybridized carbons (Fsp3) is 0.467. The van der Waals surface area contributed by atoms with Gasteiger partial charge in [0.05, 0.1) is 0 Å². The molecule has 0 spiro atoms. The van der Waals surface area contributed by atoms with Crippen molar-refractivity contribution in [3.05, 3.63) is 29.3 Å². The van der Waals surface area contributed by atoms with Crippen LogP contribution in [0.1, 0.15) is 32.1 Å². The molecule has 0 saturated carbocycles. The van der Waals surface area contributed by atoms with Gasteiger partial charge in [-0.25, -0.2) is 0 Å². The van der Waals surface area contributed by atoms with E-state index in [1.54, 1.807) is 24.3 Å². The van der Waals surface area contributed by atoms with E-state index in [-0.39, 0.29) is 12.5 Å². The van der Waals surface area contributed by atoms with Gasteiger partial charge < -0.3 is 15.7 Å². The molecule has 0 saturated heterocycles. The van der Waals surface area contributed by atoms with Crippen molar-refractivity contribution in [1.29, 1.82) is 0 Å². The topological polar surface area (TPSA) is 83.6 Å². The largest absolute Gasteiger partial charge is 0.480 e. The first-order valence-electron chi connectivity index (χ1n) is 7.02. The number of carboxylic acids is 1. The van der Waals surface area contributed by atoms with E-state index in [2.05, 4.69) is 0 Å². The minimum Gasteiger partial charge on any atom is -0.480 e. The van der Waals surface area contributed by atoms with Crippen LogP contribution in [0.25, 0.3) is 0 Å². The molecule has 0 bridgehead atoms. The first-order valence-corrected chi connectivity index (χ1v) is 7.40. The van der Waals surface area contributed by atoms with Crippen LogP contribution in [-0.4, -0.2) is 30.1 Å². The summed E-state index contributed by atoms with van der Waals surface area (Å²) in [7, 11) is 0. The van der Waals surface area contributed by atoms with Crippen LogP contribution in [0.5, 0.6) is 0 Å². The van der Waals surface area contributed by atoms with E-state index >= 15 is 0 Å². The van der Waals surface area contributed by atoms with Crippen LogP contribution in [0, 0.1) is 0 Å². The Balaban J connectivity index is 2.62. The van der Waals surface area contributed by atoms with E-state index in [0.717, 1.165) is 25.7 Å². The molecule has 5 nitrogen and oxygen atoms in total. The summed E-state index contributed by atoms with van der Waals surface area (Å²) in [6, 6.07) is 6.58. The third kappa shape index (κ3) is 6.60. The highest BCUT2D eigenvalue weighted by Gasteiger charge is 2.18. The van der Waals surface area contributed by atoms with E-state index < -0.39 is 5.97 Å². The van der Waals surface area contributed by atoms with Crippen LogP contribution in [0.15, 0.2) is 24.3 Å². The number of unbranched alkanes of at least 4 members (excludes halogenated alkanes) is 3. The Bertz CT molecular complexity index is 462. The molecule has 6 heteroatoms. The van der Waals surface area contributed by atoms with Crippen molar-refractivity contribution in [1.82, 2.24) is 0 Å². The summed E-state index contributed by atoms with van der Waals surface area (Å²) < 4.78 is 0. The minimum absolute atomic E-state index is 0.188. The molecular weight excluding hydrogens is 292 g/mol. The monoisotopic (exact) mass is 312 g/mol. The summed E-state index contributed by atoms with van der Waals surface area (Å²) in [6.45, 7) is 0.313. The molecule has 0 aromatic heterocycles. The average Bonchev–Trinajstić information content (AvgIpc) is 2.45. The number of hydrogen-bond acceptors (Lipinski definition) is 3. The predicted molar refractivity (Wildman–Crippen MR) is 83.6 cm³/mol. The average molecular weight is 313 g/mol. The van der Waals surface area contributed by atoms with E-state index in [1.165, 1.54) is 4.90 Å². The Hall–Kier alpha value is -1.59. The molecule has 0 heterocycles. The fourth-order valence-electron chi connectivity index (χ4n) is 1.99. The quantitative estimate of drug-likeness (QED) is 0.687. The normalized spacial score (nSPS) is 10.4. The zero-order chi connectivity index (χ0) is 15.7. The lowest BCUT2D eigenvalue weighted by Crippen LogP contribution is -2.35. The number of aliphatic carboxylic acids is 1. The summed E-state index contributed by atoms with van der Waals surface area (Å²) in [4.78, 5) is 24.4. The lowest BCUT2D eigenvalue weighted by atomic mass is 10.1. The Morgan fingerprint density at radius 2 is 1.71 bits per heavy atom. The van der Waals surface area contributed by atoms with E-state index in [9.17, 15) is 9.59 Å². The molecule has 0 aliphatic heterocycles. The zero-order valence-electron chi connectivity index (χ0n) is 11.9. The summed E-state index contributed by atoms with van der Waals surface area (Å²) in [5, 5.41) is 9.50. The number of amides is 1. The number of carboxylic acid groups (broad SMARTS) is 1. The van der Waals surface area contributed by atoms with Crippen LogP contribution in [-0.2, 0) is 9.59 Å². The SMILES string of the molecule is NCCCCCCC(=O)N(CC(=O)O)c1ccc(Cl)cc1. The number of benzene rings is 1. The smallest absolute Gasteiger partial charge is 0.323 e. The molecule has 3 N–H and O–H groups in total. The number of anilines is 1. The maximum atomic E-state index is 12.2. The Kier molecular flexibility index (Phi) is 7.79. The molecule has 0 radical (unpaired) electrons. The first-order chi connectivity index (χ1) is 10.0. The van der Waals surface area contributed by atoms with E-state index in [0.29, 0.717) is 23.7 Å². The third-order valence-electron chi connectivity index (χ3n) is 3.08. The van der Waals surface area contributed by atoms with Crippen molar-refractivity contribution >= 4 is 29.2 Å². The molecule has 1 amide bonds. The highest BCUT2D eigenvalue weighted by Crippen LogP contribution is 2.19. The lowest BCUT2D eigenvalue weighted by Gasteiger charge is -2.21. The second-order valence-electron chi connectivity index (χ2n) is 4.80. The second kappa shape index (κ2) is 9.37. The maximum absolute atomic E-state index is 12.2. The highest BCUT2D eigenvalue weighted by molar-refractivity contribution is 6.30. The van der Waals surface area contributed by atoms with Crippen molar-refractivity contribution in [2.45, 2.75) is 32.1 Å². The molecule has 0 atom stereocenters. The number of nitrogens with two attached hydrogens (primary N) is 1. The zero-order valence-corrected chi connectivity index (χ0v) is 12.7. The minimum atomic E-state index is -1.04. The number of carbonyl (C=O) groups is 2. The van der Waals surface area contributed by atoms with Crippen molar-refractivity contribution < 1.29 is 14.7 Å². The fourth-order valence-corrected chi connectivity index (χ4v) is 2.11. The molecule has 21 heavy (non-hydrogen) atoms. The van der Waals surface area contributed by atoms with Crippen LogP contribution >= 0.6 is 11.6 Å².